The lowest BCUT2D eigenvalue weighted by Crippen LogP contribution is -2.02. The van der Waals surface area contributed by atoms with Crippen LogP contribution < -0.4 is 0 Å². The molecule has 2 rings (SSSR count). The number of rotatable bonds is 3. The summed E-state index contributed by atoms with van der Waals surface area (Å²) in [5, 5.41) is 9.60. The van der Waals surface area contributed by atoms with E-state index in [1.807, 2.05) is 0 Å². The van der Waals surface area contributed by atoms with Crippen LogP contribution >= 0.6 is 0 Å². The van der Waals surface area contributed by atoms with E-state index in [2.05, 4.69) is 4.98 Å². The quantitative estimate of drug-likeness (QED) is 0.809. The molecule has 1 aliphatic carbocycles. The highest BCUT2D eigenvalue weighted by molar-refractivity contribution is 5.14. The molecule has 0 amide bonds. The van der Waals surface area contributed by atoms with E-state index >= 15 is 0 Å². The third kappa shape index (κ3) is 1.90. The lowest BCUT2D eigenvalue weighted by Gasteiger charge is -2.09. The molecular weight excluding hydrogens is 188 g/mol. The Kier molecular flexibility index (Phi) is 2.23. The van der Waals surface area contributed by atoms with Gasteiger partial charge < -0.3 is 5.11 Å². The standard InChI is InChI=1S/C10H11F2NO/c11-10(12)6-8(10)5-9(14)7-1-3-13-4-2-7/h1-4,8-9,14H,5-6H2. The second-order valence-electron chi connectivity index (χ2n) is 3.69. The van der Waals surface area contributed by atoms with Crippen molar-refractivity contribution >= 4 is 0 Å². The molecule has 2 unspecified atom stereocenters. The number of hydrogen-bond acceptors (Lipinski definition) is 2. The van der Waals surface area contributed by atoms with Crippen molar-refractivity contribution in [1.29, 1.82) is 0 Å². The van der Waals surface area contributed by atoms with Gasteiger partial charge >= 0.3 is 0 Å². The van der Waals surface area contributed by atoms with E-state index in [0.29, 0.717) is 5.56 Å². The third-order valence-electron chi connectivity index (χ3n) is 2.55. The molecule has 2 atom stereocenters. The third-order valence-corrected chi connectivity index (χ3v) is 2.55. The number of halogens is 2. The Morgan fingerprint density at radius 2 is 2.07 bits per heavy atom. The van der Waals surface area contributed by atoms with Crippen molar-refractivity contribution < 1.29 is 13.9 Å². The van der Waals surface area contributed by atoms with Crippen LogP contribution in [-0.4, -0.2) is 16.0 Å². The Balaban J connectivity index is 1.94. The Labute approximate surface area is 80.6 Å². The molecule has 14 heavy (non-hydrogen) atoms. The zero-order valence-corrected chi connectivity index (χ0v) is 7.53. The second kappa shape index (κ2) is 3.28. The molecule has 4 heteroatoms. The van der Waals surface area contributed by atoms with E-state index in [4.69, 9.17) is 0 Å². The van der Waals surface area contributed by atoms with Crippen molar-refractivity contribution in [3.05, 3.63) is 30.1 Å². The number of aliphatic hydroxyl groups is 1. The van der Waals surface area contributed by atoms with Crippen LogP contribution in [0.15, 0.2) is 24.5 Å². The van der Waals surface area contributed by atoms with Crippen molar-refractivity contribution in [3.8, 4) is 0 Å². The van der Waals surface area contributed by atoms with E-state index in [9.17, 15) is 13.9 Å². The van der Waals surface area contributed by atoms with Crippen LogP contribution in [0, 0.1) is 5.92 Å². The highest BCUT2D eigenvalue weighted by Gasteiger charge is 2.56. The first-order chi connectivity index (χ1) is 6.59. The number of aromatic nitrogens is 1. The van der Waals surface area contributed by atoms with E-state index in [-0.39, 0.29) is 12.8 Å². The second-order valence-corrected chi connectivity index (χ2v) is 3.69. The molecule has 1 fully saturated rings. The highest BCUT2D eigenvalue weighted by atomic mass is 19.3. The van der Waals surface area contributed by atoms with Gasteiger partial charge in [-0.05, 0) is 24.1 Å². The van der Waals surface area contributed by atoms with Gasteiger partial charge in [0.25, 0.3) is 5.92 Å². The monoisotopic (exact) mass is 199 g/mol. The van der Waals surface area contributed by atoms with Gasteiger partial charge in [-0.1, -0.05) is 0 Å². The molecular formula is C10H11F2NO. The maximum absolute atomic E-state index is 12.5. The van der Waals surface area contributed by atoms with Gasteiger partial charge in [-0.25, -0.2) is 8.78 Å². The summed E-state index contributed by atoms with van der Waals surface area (Å²) < 4.78 is 25.1. The summed E-state index contributed by atoms with van der Waals surface area (Å²) >= 11 is 0. The van der Waals surface area contributed by atoms with Crippen molar-refractivity contribution in [2.45, 2.75) is 24.9 Å². The van der Waals surface area contributed by atoms with Crippen LogP contribution in [0.2, 0.25) is 0 Å². The zero-order chi connectivity index (χ0) is 10.2. The number of aliphatic hydroxyl groups excluding tert-OH is 1. The minimum atomic E-state index is -2.55. The van der Waals surface area contributed by atoms with Crippen LogP contribution in [0.3, 0.4) is 0 Å². The van der Waals surface area contributed by atoms with Gasteiger partial charge in [0.15, 0.2) is 0 Å². The molecule has 2 nitrogen and oxygen atoms in total. The van der Waals surface area contributed by atoms with Crippen LogP contribution in [0.5, 0.6) is 0 Å². The molecule has 76 valence electrons. The molecule has 0 aromatic carbocycles. The van der Waals surface area contributed by atoms with Gasteiger partial charge in [-0.2, -0.15) is 0 Å². The van der Waals surface area contributed by atoms with Gasteiger partial charge in [0.1, 0.15) is 0 Å². The van der Waals surface area contributed by atoms with Gasteiger partial charge in [-0.3, -0.25) is 4.98 Å². The molecule has 1 aromatic rings. The molecule has 0 bridgehead atoms. The molecule has 0 aliphatic heterocycles. The minimum absolute atomic E-state index is 0.0882. The first kappa shape index (κ1) is 9.52. The average molecular weight is 199 g/mol. The fraction of sp³-hybridized carbons (Fsp3) is 0.500. The van der Waals surface area contributed by atoms with Crippen LogP contribution in [0.25, 0.3) is 0 Å². The van der Waals surface area contributed by atoms with Crippen molar-refractivity contribution in [3.63, 3.8) is 0 Å². The number of pyridine rings is 1. The average Bonchev–Trinajstić information content (AvgIpc) is 2.75. The molecule has 1 saturated carbocycles. The first-order valence-corrected chi connectivity index (χ1v) is 4.55. The molecule has 1 aromatic heterocycles. The van der Waals surface area contributed by atoms with Crippen LogP contribution in [0.1, 0.15) is 24.5 Å². The Morgan fingerprint density at radius 3 is 2.57 bits per heavy atom. The summed E-state index contributed by atoms with van der Waals surface area (Å²) in [5.41, 5.74) is 0.655. The largest absolute Gasteiger partial charge is 0.388 e. The molecule has 0 saturated heterocycles. The topological polar surface area (TPSA) is 33.1 Å². The molecule has 0 spiro atoms. The van der Waals surface area contributed by atoms with Gasteiger partial charge in [0, 0.05) is 24.7 Å². The summed E-state index contributed by atoms with van der Waals surface area (Å²) in [7, 11) is 0. The molecule has 0 radical (unpaired) electrons. The van der Waals surface area contributed by atoms with Crippen molar-refractivity contribution in [2.75, 3.05) is 0 Å². The fourth-order valence-electron chi connectivity index (χ4n) is 1.52. The smallest absolute Gasteiger partial charge is 0.251 e. The summed E-state index contributed by atoms with van der Waals surface area (Å²) in [6.07, 6.45) is 2.34. The van der Waals surface area contributed by atoms with Crippen LogP contribution in [-0.2, 0) is 0 Å². The maximum Gasteiger partial charge on any atom is 0.251 e. The summed E-state index contributed by atoms with van der Waals surface area (Å²) in [4.78, 5) is 3.79. The van der Waals surface area contributed by atoms with E-state index in [1.54, 1.807) is 24.5 Å². The van der Waals surface area contributed by atoms with Gasteiger partial charge in [-0.15, -0.1) is 0 Å². The van der Waals surface area contributed by atoms with Crippen molar-refractivity contribution in [1.82, 2.24) is 4.98 Å². The Morgan fingerprint density at radius 1 is 1.50 bits per heavy atom. The number of hydrogen-bond donors (Lipinski definition) is 1. The lowest BCUT2D eigenvalue weighted by molar-refractivity contribution is 0.0767. The van der Waals surface area contributed by atoms with Crippen molar-refractivity contribution in [2.24, 2.45) is 5.92 Å². The lowest BCUT2D eigenvalue weighted by atomic mass is 10.1. The maximum atomic E-state index is 12.5. The predicted octanol–water partition coefficient (Wildman–Crippen LogP) is 2.16. The predicted molar refractivity (Wildman–Crippen MR) is 46.9 cm³/mol. The summed E-state index contributed by atoms with van der Waals surface area (Å²) in [5.74, 6) is -3.20. The molecule has 1 N–H and O–H groups in total. The number of nitrogens with zero attached hydrogens (tertiary/aromatic N) is 1. The first-order valence-electron chi connectivity index (χ1n) is 4.55. The molecule has 1 heterocycles. The fourth-order valence-corrected chi connectivity index (χ4v) is 1.52. The SMILES string of the molecule is OC(CC1CC1(F)F)c1ccncc1. The molecule has 1 aliphatic rings. The van der Waals surface area contributed by atoms with E-state index in [1.165, 1.54) is 0 Å². The minimum Gasteiger partial charge on any atom is -0.388 e. The van der Waals surface area contributed by atoms with Gasteiger partial charge in [0.05, 0.1) is 6.10 Å². The summed E-state index contributed by atoms with van der Waals surface area (Å²) in [6.45, 7) is 0. The van der Waals surface area contributed by atoms with E-state index in [0.717, 1.165) is 0 Å². The number of alkyl halides is 2. The normalized spacial score (nSPS) is 25.8. The highest BCUT2D eigenvalue weighted by Crippen LogP contribution is 2.52. The van der Waals surface area contributed by atoms with Gasteiger partial charge in [0.2, 0.25) is 0 Å². The van der Waals surface area contributed by atoms with Crippen LogP contribution in [0.4, 0.5) is 8.78 Å². The Bertz CT molecular complexity index is 315. The summed E-state index contributed by atoms with van der Waals surface area (Å²) in [6, 6.07) is 3.29. The zero-order valence-electron chi connectivity index (χ0n) is 7.53. The Hall–Kier alpha value is -1.03. The van der Waals surface area contributed by atoms with E-state index < -0.39 is 17.9 Å².